The lowest BCUT2D eigenvalue weighted by Gasteiger charge is -2.12. The molecule has 0 aliphatic rings. The Morgan fingerprint density at radius 1 is 1.20 bits per heavy atom. The number of ether oxygens (including phenoxy) is 1. The average molecular weight is 353 g/mol. The predicted molar refractivity (Wildman–Crippen MR) is 87.4 cm³/mol. The first-order valence-electron chi connectivity index (χ1n) is 6.48. The minimum atomic E-state index is -0.501. The Morgan fingerprint density at radius 3 is 2.75 bits per heavy atom. The van der Waals surface area contributed by atoms with E-state index in [1.807, 2.05) is 55.5 Å². The van der Waals surface area contributed by atoms with Crippen molar-refractivity contribution < 1.29 is 9.84 Å². The second kappa shape index (κ2) is 7.72. The van der Waals surface area contributed by atoms with Gasteiger partial charge in [-0.1, -0.05) is 34.1 Å². The lowest BCUT2D eigenvalue weighted by Crippen LogP contribution is -2.01. The van der Waals surface area contributed by atoms with Gasteiger partial charge in [0.25, 0.3) is 0 Å². The van der Waals surface area contributed by atoms with E-state index in [2.05, 4.69) is 15.9 Å². The maximum Gasteiger partial charge on any atom is 0.119 e. The summed E-state index contributed by atoms with van der Waals surface area (Å²) in [6.07, 6.45) is -0.501. The van der Waals surface area contributed by atoms with Crippen molar-refractivity contribution in [3.63, 3.8) is 0 Å². The summed E-state index contributed by atoms with van der Waals surface area (Å²) in [7, 11) is 0. The zero-order valence-corrected chi connectivity index (χ0v) is 13.7. The predicted octanol–water partition coefficient (Wildman–Crippen LogP) is 4.67. The molecule has 0 heterocycles. The van der Waals surface area contributed by atoms with Gasteiger partial charge in [0, 0.05) is 15.1 Å². The van der Waals surface area contributed by atoms with E-state index in [0.29, 0.717) is 12.4 Å². The molecule has 2 rings (SSSR count). The van der Waals surface area contributed by atoms with Gasteiger partial charge in [-0.25, -0.2) is 0 Å². The van der Waals surface area contributed by atoms with Gasteiger partial charge in [-0.3, -0.25) is 0 Å². The quantitative estimate of drug-likeness (QED) is 0.765. The number of benzene rings is 2. The Balaban J connectivity index is 1.97. The Morgan fingerprint density at radius 2 is 2.00 bits per heavy atom. The van der Waals surface area contributed by atoms with E-state index < -0.39 is 6.10 Å². The molecule has 0 bridgehead atoms. The van der Waals surface area contributed by atoms with E-state index in [-0.39, 0.29) is 0 Å². The van der Waals surface area contributed by atoms with Gasteiger partial charge < -0.3 is 9.84 Å². The van der Waals surface area contributed by atoms with Crippen LogP contribution in [0.4, 0.5) is 0 Å². The van der Waals surface area contributed by atoms with Gasteiger partial charge in [0.1, 0.15) is 5.75 Å². The van der Waals surface area contributed by atoms with E-state index in [0.717, 1.165) is 20.7 Å². The fourth-order valence-electron chi connectivity index (χ4n) is 1.81. The van der Waals surface area contributed by atoms with Crippen molar-refractivity contribution in [3.8, 4) is 5.75 Å². The van der Waals surface area contributed by atoms with Gasteiger partial charge in [0.2, 0.25) is 0 Å². The minimum Gasteiger partial charge on any atom is -0.494 e. The first-order chi connectivity index (χ1) is 9.69. The molecule has 2 aromatic carbocycles. The van der Waals surface area contributed by atoms with Crippen LogP contribution >= 0.6 is 27.7 Å². The van der Waals surface area contributed by atoms with Crippen molar-refractivity contribution in [1.29, 1.82) is 0 Å². The first kappa shape index (κ1) is 15.4. The van der Waals surface area contributed by atoms with Crippen molar-refractivity contribution in [2.45, 2.75) is 17.9 Å². The van der Waals surface area contributed by atoms with E-state index in [1.54, 1.807) is 11.8 Å². The molecule has 0 spiro atoms. The van der Waals surface area contributed by atoms with E-state index in [9.17, 15) is 5.11 Å². The highest BCUT2D eigenvalue weighted by Gasteiger charge is 2.09. The molecule has 106 valence electrons. The van der Waals surface area contributed by atoms with Gasteiger partial charge in [0.05, 0.1) is 12.7 Å². The normalized spacial score (nSPS) is 12.2. The summed E-state index contributed by atoms with van der Waals surface area (Å²) in [5, 5.41) is 10.3. The largest absolute Gasteiger partial charge is 0.494 e. The molecule has 0 amide bonds. The van der Waals surface area contributed by atoms with Crippen molar-refractivity contribution in [1.82, 2.24) is 0 Å². The molecular formula is C16H17BrO2S. The molecular weight excluding hydrogens is 336 g/mol. The van der Waals surface area contributed by atoms with Crippen LogP contribution in [0.5, 0.6) is 5.75 Å². The summed E-state index contributed by atoms with van der Waals surface area (Å²) < 4.78 is 6.50. The second-order valence-electron chi connectivity index (χ2n) is 4.29. The summed E-state index contributed by atoms with van der Waals surface area (Å²) in [6.45, 7) is 2.58. The molecule has 0 aromatic heterocycles. The van der Waals surface area contributed by atoms with E-state index >= 15 is 0 Å². The molecule has 0 aliphatic carbocycles. The molecule has 2 aromatic rings. The van der Waals surface area contributed by atoms with Gasteiger partial charge >= 0.3 is 0 Å². The van der Waals surface area contributed by atoms with Crippen LogP contribution in [-0.2, 0) is 0 Å². The summed E-state index contributed by atoms with van der Waals surface area (Å²) in [6, 6.07) is 15.7. The highest BCUT2D eigenvalue weighted by Crippen LogP contribution is 2.28. The van der Waals surface area contributed by atoms with Gasteiger partial charge in [0.15, 0.2) is 0 Å². The van der Waals surface area contributed by atoms with Crippen LogP contribution < -0.4 is 4.74 Å². The smallest absolute Gasteiger partial charge is 0.119 e. The van der Waals surface area contributed by atoms with Crippen LogP contribution in [0.25, 0.3) is 0 Å². The molecule has 1 N–H and O–H groups in total. The van der Waals surface area contributed by atoms with Crippen LogP contribution in [0.1, 0.15) is 18.6 Å². The van der Waals surface area contributed by atoms with Crippen LogP contribution in [0, 0.1) is 0 Å². The van der Waals surface area contributed by atoms with Crippen LogP contribution in [0.2, 0.25) is 0 Å². The number of aliphatic hydroxyl groups is 1. The Hall–Kier alpha value is -0.970. The Bertz CT molecular complexity index is 560. The Kier molecular flexibility index (Phi) is 5.95. The van der Waals surface area contributed by atoms with Gasteiger partial charge in [-0.2, -0.15) is 0 Å². The molecule has 0 radical (unpaired) electrons. The Labute approximate surface area is 132 Å². The maximum absolute atomic E-state index is 10.3. The summed E-state index contributed by atoms with van der Waals surface area (Å²) in [5.74, 6) is 1.42. The SMILES string of the molecule is CCOc1cccc(C(O)CSc2cccc(Br)c2)c1. The molecule has 1 atom stereocenters. The summed E-state index contributed by atoms with van der Waals surface area (Å²) >= 11 is 5.08. The van der Waals surface area contributed by atoms with Crippen molar-refractivity contribution in [2.75, 3.05) is 12.4 Å². The fraction of sp³-hybridized carbons (Fsp3) is 0.250. The molecule has 0 aliphatic heterocycles. The first-order valence-corrected chi connectivity index (χ1v) is 8.26. The number of hydrogen-bond donors (Lipinski definition) is 1. The third-order valence-corrected chi connectivity index (χ3v) is 4.32. The topological polar surface area (TPSA) is 29.5 Å². The average Bonchev–Trinajstić information content (AvgIpc) is 2.45. The fourth-order valence-corrected chi connectivity index (χ4v) is 3.29. The second-order valence-corrected chi connectivity index (χ2v) is 6.30. The third kappa shape index (κ3) is 4.54. The van der Waals surface area contributed by atoms with Crippen LogP contribution in [-0.4, -0.2) is 17.5 Å². The lowest BCUT2D eigenvalue weighted by atomic mass is 10.1. The van der Waals surface area contributed by atoms with Crippen molar-refractivity contribution in [2.24, 2.45) is 0 Å². The van der Waals surface area contributed by atoms with Gasteiger partial charge in [-0.15, -0.1) is 11.8 Å². The number of rotatable bonds is 6. The van der Waals surface area contributed by atoms with Gasteiger partial charge in [-0.05, 0) is 42.8 Å². The molecule has 0 saturated carbocycles. The monoisotopic (exact) mass is 352 g/mol. The van der Waals surface area contributed by atoms with Crippen molar-refractivity contribution >= 4 is 27.7 Å². The van der Waals surface area contributed by atoms with E-state index in [1.165, 1.54) is 0 Å². The minimum absolute atomic E-state index is 0.501. The van der Waals surface area contributed by atoms with Crippen LogP contribution in [0.15, 0.2) is 57.9 Å². The third-order valence-electron chi connectivity index (χ3n) is 2.76. The van der Waals surface area contributed by atoms with E-state index in [4.69, 9.17) is 4.74 Å². The molecule has 0 fully saturated rings. The molecule has 0 saturated heterocycles. The maximum atomic E-state index is 10.3. The number of thioether (sulfide) groups is 1. The highest BCUT2D eigenvalue weighted by atomic mass is 79.9. The summed E-state index contributed by atoms with van der Waals surface area (Å²) in [5.41, 5.74) is 0.887. The zero-order valence-electron chi connectivity index (χ0n) is 11.3. The standard InChI is InChI=1S/C16H17BrO2S/c1-2-19-14-7-3-5-12(9-14)16(18)11-20-15-8-4-6-13(17)10-15/h3-10,16,18H,2,11H2,1H3. The van der Waals surface area contributed by atoms with Crippen molar-refractivity contribution in [3.05, 3.63) is 58.6 Å². The number of halogens is 1. The zero-order chi connectivity index (χ0) is 14.4. The van der Waals surface area contributed by atoms with Crippen LogP contribution in [0.3, 0.4) is 0 Å². The summed E-state index contributed by atoms with van der Waals surface area (Å²) in [4.78, 5) is 1.14. The lowest BCUT2D eigenvalue weighted by molar-refractivity contribution is 0.203. The number of aliphatic hydroxyl groups excluding tert-OH is 1. The molecule has 20 heavy (non-hydrogen) atoms. The molecule has 2 nitrogen and oxygen atoms in total. The highest BCUT2D eigenvalue weighted by molar-refractivity contribution is 9.10. The molecule has 4 heteroatoms. The number of hydrogen-bond acceptors (Lipinski definition) is 3. The molecule has 1 unspecified atom stereocenters.